The van der Waals surface area contributed by atoms with Gasteiger partial charge in [0.15, 0.2) is 5.69 Å². The number of halogens is 1. The first-order valence-electron chi connectivity index (χ1n) is 9.49. The Labute approximate surface area is 172 Å². The van der Waals surface area contributed by atoms with Crippen molar-refractivity contribution in [3.63, 3.8) is 0 Å². The van der Waals surface area contributed by atoms with Gasteiger partial charge in [-0.15, -0.1) is 0 Å². The van der Waals surface area contributed by atoms with Crippen molar-refractivity contribution in [2.75, 3.05) is 23.3 Å². The zero-order chi connectivity index (χ0) is 21.3. The van der Waals surface area contributed by atoms with E-state index in [1.165, 1.54) is 18.3 Å². The van der Waals surface area contributed by atoms with Gasteiger partial charge < -0.3 is 10.2 Å². The maximum absolute atomic E-state index is 13.1. The largest absolute Gasteiger partial charge is 0.326 e. The third-order valence-corrected chi connectivity index (χ3v) is 5.01. The third-order valence-electron chi connectivity index (χ3n) is 5.01. The molecule has 0 bridgehead atoms. The Morgan fingerprint density at radius 2 is 1.93 bits per heavy atom. The van der Waals surface area contributed by atoms with Gasteiger partial charge in [-0.25, -0.2) is 14.2 Å². The number of anilines is 2. The van der Waals surface area contributed by atoms with Crippen LogP contribution in [0.3, 0.4) is 0 Å². The highest BCUT2D eigenvalue weighted by Crippen LogP contribution is 2.21. The average molecular weight is 408 g/mol. The van der Waals surface area contributed by atoms with Crippen LogP contribution in [0.15, 0.2) is 48.7 Å². The number of amides is 3. The lowest BCUT2D eigenvalue weighted by atomic mass is 10.2. The van der Waals surface area contributed by atoms with Crippen molar-refractivity contribution in [1.29, 1.82) is 0 Å². The van der Waals surface area contributed by atoms with E-state index in [0.717, 1.165) is 11.3 Å². The number of urea groups is 1. The lowest BCUT2D eigenvalue weighted by Crippen LogP contribution is -2.31. The van der Waals surface area contributed by atoms with Crippen molar-refractivity contribution >= 4 is 23.4 Å². The van der Waals surface area contributed by atoms with Crippen LogP contribution >= 0.6 is 0 Å². The Balaban J connectivity index is 1.39. The molecule has 3 aromatic rings. The van der Waals surface area contributed by atoms with Crippen molar-refractivity contribution in [2.45, 2.75) is 13.5 Å². The summed E-state index contributed by atoms with van der Waals surface area (Å²) < 4.78 is 14.7. The molecule has 1 aliphatic heterocycles. The fourth-order valence-corrected chi connectivity index (χ4v) is 3.24. The molecule has 30 heavy (non-hydrogen) atoms. The summed E-state index contributed by atoms with van der Waals surface area (Å²) >= 11 is 0. The molecule has 4 rings (SSSR count). The van der Waals surface area contributed by atoms with Gasteiger partial charge in [0.2, 0.25) is 0 Å². The molecule has 9 heteroatoms. The summed E-state index contributed by atoms with van der Waals surface area (Å²) in [7, 11) is 1.77. The molecule has 1 N–H and O–H groups in total. The average Bonchev–Trinajstić information content (AvgIpc) is 3.26. The van der Waals surface area contributed by atoms with Gasteiger partial charge in [0.25, 0.3) is 5.91 Å². The lowest BCUT2D eigenvalue weighted by Gasteiger charge is -2.18. The van der Waals surface area contributed by atoms with Crippen molar-refractivity contribution < 1.29 is 14.0 Å². The van der Waals surface area contributed by atoms with Gasteiger partial charge in [-0.3, -0.25) is 14.4 Å². The summed E-state index contributed by atoms with van der Waals surface area (Å²) in [6, 6.07) is 11.0. The quantitative estimate of drug-likeness (QED) is 0.704. The van der Waals surface area contributed by atoms with E-state index in [1.54, 1.807) is 51.9 Å². The van der Waals surface area contributed by atoms with Crippen LogP contribution in [0.2, 0.25) is 0 Å². The van der Waals surface area contributed by atoms with Gasteiger partial charge in [-0.05, 0) is 42.8 Å². The second-order valence-electron chi connectivity index (χ2n) is 7.14. The molecule has 154 valence electrons. The number of benzene rings is 1. The third kappa shape index (κ3) is 4.00. The second-order valence-corrected chi connectivity index (χ2v) is 7.14. The standard InChI is InChI=1S/C21H21FN6O2/c1-14-11-18(25-26(14)2)20(29)24-17-7-8-19(23-12-17)28-10-9-27(21(28)30)13-15-3-5-16(22)6-4-15/h3-8,11-12H,9-10,13H2,1-2H3,(H,24,29). The zero-order valence-electron chi connectivity index (χ0n) is 16.7. The first-order valence-corrected chi connectivity index (χ1v) is 9.49. The minimum atomic E-state index is -0.323. The minimum Gasteiger partial charge on any atom is -0.319 e. The molecular weight excluding hydrogens is 387 g/mol. The first kappa shape index (κ1) is 19.6. The molecule has 2 aromatic heterocycles. The highest BCUT2D eigenvalue weighted by atomic mass is 19.1. The number of rotatable bonds is 5. The van der Waals surface area contributed by atoms with E-state index in [0.29, 0.717) is 36.8 Å². The maximum Gasteiger partial charge on any atom is 0.326 e. The molecule has 0 unspecified atom stereocenters. The Morgan fingerprint density at radius 3 is 2.57 bits per heavy atom. The number of carbonyl (C=O) groups is 2. The van der Waals surface area contributed by atoms with Crippen molar-refractivity contribution in [3.8, 4) is 0 Å². The Morgan fingerprint density at radius 1 is 1.17 bits per heavy atom. The SMILES string of the molecule is Cc1cc(C(=O)Nc2ccc(N3CCN(Cc4ccc(F)cc4)C3=O)nc2)nn1C. The number of pyridine rings is 1. The molecule has 0 saturated carbocycles. The van der Waals surface area contributed by atoms with Gasteiger partial charge in [0, 0.05) is 32.4 Å². The Bertz CT molecular complexity index is 1060. The van der Waals surface area contributed by atoms with E-state index in [1.807, 2.05) is 6.92 Å². The fourth-order valence-electron chi connectivity index (χ4n) is 3.24. The van der Waals surface area contributed by atoms with Crippen molar-refractivity contribution in [2.24, 2.45) is 7.05 Å². The number of nitrogens with one attached hydrogen (secondary N) is 1. The monoisotopic (exact) mass is 408 g/mol. The van der Waals surface area contributed by atoms with Crippen LogP contribution in [0.5, 0.6) is 0 Å². The van der Waals surface area contributed by atoms with Gasteiger partial charge in [-0.2, -0.15) is 5.10 Å². The van der Waals surface area contributed by atoms with Gasteiger partial charge in [0.1, 0.15) is 11.6 Å². The van der Waals surface area contributed by atoms with Crippen LogP contribution in [0.25, 0.3) is 0 Å². The maximum atomic E-state index is 13.1. The van der Waals surface area contributed by atoms with Crippen LogP contribution in [0, 0.1) is 12.7 Å². The highest BCUT2D eigenvalue weighted by Gasteiger charge is 2.30. The van der Waals surface area contributed by atoms with Crippen LogP contribution in [0.4, 0.5) is 20.7 Å². The number of aromatic nitrogens is 3. The first-order chi connectivity index (χ1) is 14.4. The smallest absolute Gasteiger partial charge is 0.319 e. The van der Waals surface area contributed by atoms with E-state index in [4.69, 9.17) is 0 Å². The van der Waals surface area contributed by atoms with E-state index in [-0.39, 0.29) is 17.8 Å². The molecule has 3 amide bonds. The van der Waals surface area contributed by atoms with Crippen LogP contribution in [-0.2, 0) is 13.6 Å². The van der Waals surface area contributed by atoms with Crippen molar-refractivity contribution in [1.82, 2.24) is 19.7 Å². The Kier molecular flexibility index (Phi) is 5.18. The molecule has 1 saturated heterocycles. The molecule has 3 heterocycles. The molecule has 1 aromatic carbocycles. The van der Waals surface area contributed by atoms with Gasteiger partial charge in [0.05, 0.1) is 11.9 Å². The number of hydrogen-bond donors (Lipinski definition) is 1. The van der Waals surface area contributed by atoms with Gasteiger partial charge in [-0.1, -0.05) is 12.1 Å². The lowest BCUT2D eigenvalue weighted by molar-refractivity contribution is 0.102. The topological polar surface area (TPSA) is 83.4 Å². The summed E-state index contributed by atoms with van der Waals surface area (Å²) in [6.45, 7) is 3.33. The molecule has 0 spiro atoms. The van der Waals surface area contributed by atoms with Crippen LogP contribution in [0.1, 0.15) is 21.7 Å². The zero-order valence-corrected chi connectivity index (χ0v) is 16.7. The van der Waals surface area contributed by atoms with E-state index in [9.17, 15) is 14.0 Å². The minimum absolute atomic E-state index is 0.160. The highest BCUT2D eigenvalue weighted by molar-refractivity contribution is 6.03. The number of aryl methyl sites for hydroxylation is 2. The molecular formula is C21H21FN6O2. The summed E-state index contributed by atoms with van der Waals surface area (Å²) in [4.78, 5) is 32.6. The molecule has 0 atom stereocenters. The summed E-state index contributed by atoms with van der Waals surface area (Å²) in [5.74, 6) is -0.119. The predicted molar refractivity (Wildman–Crippen MR) is 110 cm³/mol. The Hall–Kier alpha value is -3.75. The number of nitrogens with zero attached hydrogens (tertiary/aromatic N) is 5. The van der Waals surface area contributed by atoms with E-state index >= 15 is 0 Å². The predicted octanol–water partition coefficient (Wildman–Crippen LogP) is 2.96. The van der Waals surface area contributed by atoms with E-state index < -0.39 is 0 Å². The molecule has 1 aliphatic rings. The summed E-state index contributed by atoms with van der Waals surface area (Å²) in [5.41, 5.74) is 2.58. The molecule has 8 nitrogen and oxygen atoms in total. The van der Waals surface area contributed by atoms with E-state index in [2.05, 4.69) is 15.4 Å². The summed E-state index contributed by atoms with van der Waals surface area (Å²) in [5, 5.41) is 6.90. The number of hydrogen-bond acceptors (Lipinski definition) is 4. The summed E-state index contributed by atoms with van der Waals surface area (Å²) in [6.07, 6.45) is 1.51. The van der Waals surface area contributed by atoms with Crippen molar-refractivity contribution in [3.05, 3.63) is 71.4 Å². The fraction of sp³-hybridized carbons (Fsp3) is 0.238. The van der Waals surface area contributed by atoms with Crippen LogP contribution < -0.4 is 10.2 Å². The normalized spacial score (nSPS) is 13.8. The number of carbonyl (C=O) groups excluding carboxylic acids is 2. The molecule has 1 fully saturated rings. The van der Waals surface area contributed by atoms with Gasteiger partial charge >= 0.3 is 6.03 Å². The molecule has 0 aliphatic carbocycles. The van der Waals surface area contributed by atoms with Crippen LogP contribution in [-0.4, -0.2) is 44.7 Å². The molecule has 0 radical (unpaired) electrons. The second kappa shape index (κ2) is 7.94.